The van der Waals surface area contributed by atoms with Gasteiger partial charge in [0.05, 0.1) is 30.9 Å². The fraction of sp³-hybridized carbons (Fsp3) is 0.400. The lowest BCUT2D eigenvalue weighted by atomic mass is 9.83. The molecular weight excluding hydrogens is 532 g/mol. The first-order valence-corrected chi connectivity index (χ1v) is 12.5. The van der Waals surface area contributed by atoms with Crippen LogP contribution < -0.4 is 0 Å². The van der Waals surface area contributed by atoms with Gasteiger partial charge in [-0.15, -0.1) is 0 Å². The summed E-state index contributed by atoms with van der Waals surface area (Å²) in [6.07, 6.45) is 1.82. The van der Waals surface area contributed by atoms with Crippen LogP contribution in [0.2, 0.25) is 0 Å². The van der Waals surface area contributed by atoms with Crippen molar-refractivity contribution >= 4 is 16.9 Å². The molecule has 0 bridgehead atoms. The summed E-state index contributed by atoms with van der Waals surface area (Å²) in [4.78, 5) is 34.0. The Morgan fingerprint density at radius 1 is 1.23 bits per heavy atom. The van der Waals surface area contributed by atoms with Gasteiger partial charge in [-0.1, -0.05) is 0 Å². The minimum atomic E-state index is -4.79. The summed E-state index contributed by atoms with van der Waals surface area (Å²) in [5.41, 5.74) is 1.07. The molecule has 2 fully saturated rings. The Hall–Kier alpha value is -4.45. The predicted octanol–water partition coefficient (Wildman–Crippen LogP) is 2.81. The topological polar surface area (TPSA) is 133 Å². The van der Waals surface area contributed by atoms with Gasteiger partial charge in [0.15, 0.2) is 0 Å². The van der Waals surface area contributed by atoms with Crippen LogP contribution in [0.4, 0.5) is 17.6 Å². The molecule has 0 aromatic carbocycles. The van der Waals surface area contributed by atoms with Crippen molar-refractivity contribution in [2.24, 2.45) is 0 Å². The van der Waals surface area contributed by atoms with Gasteiger partial charge >= 0.3 is 6.18 Å². The molecule has 0 saturated carbocycles. The Bertz CT molecular complexity index is 1600. The molecule has 6 heterocycles. The second kappa shape index (κ2) is 9.63. The maximum absolute atomic E-state index is 15.3. The maximum atomic E-state index is 15.3. The van der Waals surface area contributed by atoms with Crippen molar-refractivity contribution in [2.75, 3.05) is 26.2 Å². The Morgan fingerprint density at radius 2 is 2.05 bits per heavy atom. The number of alkyl halides is 4. The fourth-order valence-corrected chi connectivity index (χ4v) is 5.50. The molecule has 0 spiro atoms. The van der Waals surface area contributed by atoms with E-state index in [2.05, 4.69) is 36.1 Å². The molecule has 11 nitrogen and oxygen atoms in total. The highest BCUT2D eigenvalue weighted by Gasteiger charge is 2.50. The summed E-state index contributed by atoms with van der Waals surface area (Å²) < 4.78 is 55.9. The normalized spacial score (nSPS) is 21.2. The standard InChI is InChI=1S/C25H22F4N10O/c26-17-11-37(22(40)18-2-7-32-23(36-18)25(27,28)29)8-3-19(17)38-12-24(13-38,4-5-30)39-10-15(9-35-39)20-16-1-6-31-21(16)34-14-33-20/h1-2,6-7,9-10,14,17,19H,3-4,8,11-13H2,(H,31,33,34)/t17-,19+/m1/s1. The summed E-state index contributed by atoms with van der Waals surface area (Å²) in [5, 5.41) is 14.9. The van der Waals surface area contributed by atoms with Gasteiger partial charge < -0.3 is 9.88 Å². The molecule has 1 N–H and O–H groups in total. The van der Waals surface area contributed by atoms with Crippen molar-refractivity contribution in [3.63, 3.8) is 0 Å². The number of piperidine rings is 1. The minimum absolute atomic E-state index is 0.156. The molecule has 1 amide bonds. The second-order valence-electron chi connectivity index (χ2n) is 9.99. The van der Waals surface area contributed by atoms with Crippen molar-refractivity contribution in [3.8, 4) is 17.3 Å². The van der Waals surface area contributed by atoms with Gasteiger partial charge in [-0.05, 0) is 18.6 Å². The van der Waals surface area contributed by atoms with Crippen LogP contribution in [0.5, 0.6) is 0 Å². The molecule has 2 aliphatic rings. The highest BCUT2D eigenvalue weighted by Crippen LogP contribution is 2.38. The van der Waals surface area contributed by atoms with E-state index in [1.54, 1.807) is 17.1 Å². The van der Waals surface area contributed by atoms with Gasteiger partial charge in [0.25, 0.3) is 5.91 Å². The Kier molecular flexibility index (Phi) is 6.21. The molecule has 4 aromatic rings. The summed E-state index contributed by atoms with van der Waals surface area (Å²) >= 11 is 0. The SMILES string of the molecule is N#CCC1(n2cc(-c3ncnc4[nH]ccc34)cn2)CN([C@H]2CCN(C(=O)c3ccnc(C(F)(F)F)n3)C[C@H]2F)C1. The quantitative estimate of drug-likeness (QED) is 0.373. The first kappa shape index (κ1) is 25.8. The van der Waals surface area contributed by atoms with E-state index < -0.39 is 41.4 Å². The van der Waals surface area contributed by atoms with E-state index in [4.69, 9.17) is 0 Å². The number of likely N-dealkylation sites (tertiary alicyclic amines) is 2. The monoisotopic (exact) mass is 554 g/mol. The number of amides is 1. The zero-order valence-electron chi connectivity index (χ0n) is 20.9. The van der Waals surface area contributed by atoms with Gasteiger partial charge in [0.2, 0.25) is 5.82 Å². The number of nitrogens with one attached hydrogen (secondary N) is 1. The largest absolute Gasteiger partial charge is 0.451 e. The minimum Gasteiger partial charge on any atom is -0.346 e. The smallest absolute Gasteiger partial charge is 0.346 e. The van der Waals surface area contributed by atoms with Crippen molar-refractivity contribution in [2.45, 2.75) is 36.8 Å². The molecule has 4 aromatic heterocycles. The van der Waals surface area contributed by atoms with E-state index in [9.17, 15) is 23.2 Å². The number of rotatable bonds is 5. The third-order valence-corrected chi connectivity index (χ3v) is 7.49. The summed E-state index contributed by atoms with van der Waals surface area (Å²) in [7, 11) is 0. The predicted molar refractivity (Wildman–Crippen MR) is 131 cm³/mol. The zero-order valence-corrected chi connectivity index (χ0v) is 20.9. The summed E-state index contributed by atoms with van der Waals surface area (Å²) in [6, 6.07) is 4.66. The van der Waals surface area contributed by atoms with E-state index >= 15 is 4.39 Å². The molecule has 206 valence electrons. The number of H-pyrrole nitrogens is 1. The van der Waals surface area contributed by atoms with Crippen LogP contribution in [0.15, 0.2) is 43.2 Å². The first-order valence-electron chi connectivity index (χ1n) is 12.5. The molecule has 40 heavy (non-hydrogen) atoms. The number of nitriles is 1. The van der Waals surface area contributed by atoms with E-state index in [1.807, 2.05) is 17.2 Å². The van der Waals surface area contributed by atoms with E-state index in [-0.39, 0.29) is 25.9 Å². The van der Waals surface area contributed by atoms with Gasteiger partial charge in [-0.3, -0.25) is 14.4 Å². The van der Waals surface area contributed by atoms with Crippen molar-refractivity contribution in [3.05, 3.63) is 54.8 Å². The Morgan fingerprint density at radius 3 is 2.80 bits per heavy atom. The van der Waals surface area contributed by atoms with Crippen LogP contribution in [0.25, 0.3) is 22.3 Å². The molecular formula is C25H22F4N10O. The van der Waals surface area contributed by atoms with E-state index in [0.29, 0.717) is 24.4 Å². The maximum Gasteiger partial charge on any atom is 0.451 e. The third-order valence-electron chi connectivity index (χ3n) is 7.49. The molecule has 6 rings (SSSR count). The van der Waals surface area contributed by atoms with Gasteiger partial charge in [-0.25, -0.2) is 24.3 Å². The Balaban J connectivity index is 1.14. The molecule has 2 aliphatic heterocycles. The number of nitrogens with zero attached hydrogens (tertiary/aromatic N) is 9. The first-order chi connectivity index (χ1) is 19.2. The van der Waals surface area contributed by atoms with E-state index in [1.165, 1.54) is 11.2 Å². The van der Waals surface area contributed by atoms with E-state index in [0.717, 1.165) is 23.2 Å². The highest BCUT2D eigenvalue weighted by atomic mass is 19.4. The third kappa shape index (κ3) is 4.43. The average Bonchev–Trinajstić information content (AvgIpc) is 3.60. The summed E-state index contributed by atoms with van der Waals surface area (Å²) in [6.45, 7) is 0.641. The van der Waals surface area contributed by atoms with Crippen LogP contribution in [-0.4, -0.2) is 88.8 Å². The molecule has 0 aliphatic carbocycles. The number of aromatic amines is 1. The van der Waals surface area contributed by atoms with Gasteiger partial charge in [0.1, 0.15) is 29.4 Å². The van der Waals surface area contributed by atoms with Crippen LogP contribution >= 0.6 is 0 Å². The number of hydrogen-bond acceptors (Lipinski definition) is 8. The molecule has 0 radical (unpaired) electrons. The average molecular weight is 555 g/mol. The van der Waals surface area contributed by atoms with Crippen LogP contribution in [0.3, 0.4) is 0 Å². The highest BCUT2D eigenvalue weighted by molar-refractivity contribution is 5.92. The number of halogens is 4. The molecule has 2 atom stereocenters. The van der Waals surface area contributed by atoms with Crippen LogP contribution in [0, 0.1) is 11.3 Å². The number of carbonyl (C=O) groups excluding carboxylic acids is 1. The molecule has 0 unspecified atom stereocenters. The lowest BCUT2D eigenvalue weighted by molar-refractivity contribution is -0.145. The molecule has 15 heteroatoms. The second-order valence-corrected chi connectivity index (χ2v) is 9.99. The number of fused-ring (bicyclic) bond motifs is 1. The lowest BCUT2D eigenvalue weighted by Crippen LogP contribution is -2.68. The number of carbonyl (C=O) groups is 1. The Labute approximate surface area is 224 Å². The molecule has 2 saturated heterocycles. The number of aromatic nitrogens is 7. The van der Waals surface area contributed by atoms with Crippen molar-refractivity contribution in [1.29, 1.82) is 5.26 Å². The summed E-state index contributed by atoms with van der Waals surface area (Å²) in [5.74, 6) is -2.19. The van der Waals surface area contributed by atoms with Gasteiger partial charge in [-0.2, -0.15) is 23.5 Å². The van der Waals surface area contributed by atoms with Gasteiger partial charge in [0, 0.05) is 55.2 Å². The zero-order chi connectivity index (χ0) is 28.1. The fourth-order valence-electron chi connectivity index (χ4n) is 5.50. The number of hydrogen-bond donors (Lipinski definition) is 1. The lowest BCUT2D eigenvalue weighted by Gasteiger charge is -2.54. The van der Waals surface area contributed by atoms with Crippen LogP contribution in [-0.2, 0) is 11.7 Å². The van der Waals surface area contributed by atoms with Crippen LogP contribution in [0.1, 0.15) is 29.2 Å². The van der Waals surface area contributed by atoms with Crippen molar-refractivity contribution < 1.29 is 22.4 Å². The van der Waals surface area contributed by atoms with Crippen molar-refractivity contribution in [1.82, 2.24) is 44.5 Å².